The van der Waals surface area contributed by atoms with Gasteiger partial charge in [0.2, 0.25) is 0 Å². The molecule has 7 rings (SSSR count). The van der Waals surface area contributed by atoms with E-state index in [-0.39, 0.29) is 5.92 Å². The van der Waals surface area contributed by atoms with E-state index in [0.29, 0.717) is 11.7 Å². The summed E-state index contributed by atoms with van der Waals surface area (Å²) in [5, 5.41) is 13.7. The van der Waals surface area contributed by atoms with Crippen LogP contribution >= 0.6 is 0 Å². The molecule has 5 heteroatoms. The van der Waals surface area contributed by atoms with Crippen molar-refractivity contribution in [2.75, 3.05) is 45.9 Å². The molecule has 5 nitrogen and oxygen atoms in total. The van der Waals surface area contributed by atoms with Gasteiger partial charge in [-0.2, -0.15) is 0 Å². The highest BCUT2D eigenvalue weighted by Crippen LogP contribution is 2.47. The molecule has 2 N–H and O–H groups in total. The SMILES string of the molecule is Oc1ccc2c(c1)CC[C@H](c1ccccc1)[C@@H]2c1ccc(OCCN2CCC(CN3C4CCC3CNC4)CC2)cc1. The molecule has 0 spiro atoms. The van der Waals surface area contributed by atoms with E-state index in [1.165, 1.54) is 80.7 Å². The molecular formula is C36H45N3O2. The maximum atomic E-state index is 10.1. The Hall–Kier alpha value is -2.86. The maximum Gasteiger partial charge on any atom is 0.119 e. The van der Waals surface area contributed by atoms with Crippen molar-refractivity contribution in [3.8, 4) is 11.5 Å². The first kappa shape index (κ1) is 27.0. The van der Waals surface area contributed by atoms with Crippen LogP contribution in [0.15, 0.2) is 72.8 Å². The number of phenolic OH excluding ortho intramolecular Hbond substituents is 1. The number of piperazine rings is 1. The summed E-state index contributed by atoms with van der Waals surface area (Å²) in [6, 6.07) is 27.2. The molecule has 3 aromatic carbocycles. The first-order chi connectivity index (χ1) is 20.2. The molecule has 41 heavy (non-hydrogen) atoms. The number of benzene rings is 3. The fourth-order valence-corrected chi connectivity index (χ4v) is 8.20. The molecule has 2 bridgehead atoms. The van der Waals surface area contributed by atoms with Gasteiger partial charge in [0.15, 0.2) is 0 Å². The fourth-order valence-electron chi connectivity index (χ4n) is 8.20. The molecule has 0 radical (unpaired) electrons. The maximum absolute atomic E-state index is 10.1. The van der Waals surface area contributed by atoms with Crippen LogP contribution < -0.4 is 10.1 Å². The highest BCUT2D eigenvalue weighted by atomic mass is 16.5. The number of fused-ring (bicyclic) bond motifs is 3. The number of nitrogens with zero attached hydrogens (tertiary/aromatic N) is 2. The number of hydrogen-bond donors (Lipinski definition) is 2. The molecule has 3 aliphatic heterocycles. The van der Waals surface area contributed by atoms with Gasteiger partial charge in [-0.15, -0.1) is 0 Å². The van der Waals surface area contributed by atoms with Gasteiger partial charge in [0.1, 0.15) is 18.1 Å². The Labute approximate surface area is 245 Å². The lowest BCUT2D eigenvalue weighted by Gasteiger charge is -2.40. The van der Waals surface area contributed by atoms with Gasteiger partial charge in [-0.3, -0.25) is 9.80 Å². The molecule has 0 saturated carbocycles. The predicted octanol–water partition coefficient (Wildman–Crippen LogP) is 5.78. The van der Waals surface area contributed by atoms with Crippen LogP contribution in [0, 0.1) is 5.92 Å². The number of ether oxygens (including phenoxy) is 1. The second-order valence-corrected chi connectivity index (χ2v) is 12.9. The zero-order valence-corrected chi connectivity index (χ0v) is 24.3. The van der Waals surface area contributed by atoms with Gasteiger partial charge < -0.3 is 15.2 Å². The van der Waals surface area contributed by atoms with Gasteiger partial charge in [-0.1, -0.05) is 48.5 Å². The molecule has 2 unspecified atom stereocenters. The molecular weight excluding hydrogens is 506 g/mol. The van der Waals surface area contributed by atoms with Crippen LogP contribution in [0.1, 0.15) is 66.2 Å². The van der Waals surface area contributed by atoms with E-state index in [9.17, 15) is 5.11 Å². The van der Waals surface area contributed by atoms with Crippen molar-refractivity contribution in [3.05, 3.63) is 95.1 Å². The van der Waals surface area contributed by atoms with E-state index in [2.05, 4.69) is 75.8 Å². The second kappa shape index (κ2) is 12.2. The minimum Gasteiger partial charge on any atom is -0.508 e. The topological polar surface area (TPSA) is 48.0 Å². The lowest BCUT2D eigenvalue weighted by atomic mass is 9.69. The lowest BCUT2D eigenvalue weighted by Crippen LogP contribution is -2.53. The van der Waals surface area contributed by atoms with Crippen LogP contribution in [0.2, 0.25) is 0 Å². The third-order valence-corrected chi connectivity index (χ3v) is 10.4. The summed E-state index contributed by atoms with van der Waals surface area (Å²) in [6.45, 7) is 7.84. The Bertz CT molecular complexity index is 1270. The third-order valence-electron chi connectivity index (χ3n) is 10.4. The number of aromatic hydroxyl groups is 1. The first-order valence-electron chi connectivity index (χ1n) is 16.0. The molecule has 3 aromatic rings. The van der Waals surface area contributed by atoms with Crippen molar-refractivity contribution in [2.24, 2.45) is 5.92 Å². The molecule has 4 aliphatic rings. The molecule has 1 aliphatic carbocycles. The monoisotopic (exact) mass is 551 g/mol. The number of rotatable bonds is 8. The largest absolute Gasteiger partial charge is 0.508 e. The minimum absolute atomic E-state index is 0.272. The summed E-state index contributed by atoms with van der Waals surface area (Å²) in [5.41, 5.74) is 5.31. The van der Waals surface area contributed by atoms with E-state index in [1.807, 2.05) is 12.1 Å². The number of aryl methyl sites for hydroxylation is 1. The van der Waals surface area contributed by atoms with Crippen molar-refractivity contribution in [2.45, 2.75) is 62.4 Å². The van der Waals surface area contributed by atoms with Gasteiger partial charge in [0.05, 0.1) is 0 Å². The first-order valence-corrected chi connectivity index (χ1v) is 16.0. The van der Waals surface area contributed by atoms with Crippen molar-refractivity contribution >= 4 is 0 Å². The van der Waals surface area contributed by atoms with Crippen LogP contribution in [0.4, 0.5) is 0 Å². The summed E-state index contributed by atoms with van der Waals surface area (Å²) in [7, 11) is 0. The normalized spacial score (nSPS) is 27.0. The second-order valence-electron chi connectivity index (χ2n) is 12.9. The smallest absolute Gasteiger partial charge is 0.119 e. The molecule has 3 saturated heterocycles. The standard InChI is InChI=1S/C36H45N3O2/c40-32-11-15-35-29(22-32)8-14-34(27-4-2-1-3-5-27)36(35)28-6-12-33(13-7-28)41-21-20-38-18-16-26(17-19-38)25-39-30-9-10-31(39)24-37-23-30/h1-7,11-13,15,22,26,30-31,34,36-37,40H,8-10,14,16-21,23-25H2/t30?,31?,34-,36+/m1/s1. The number of hydrogen-bond acceptors (Lipinski definition) is 5. The van der Waals surface area contributed by atoms with Crippen LogP contribution in [-0.2, 0) is 6.42 Å². The summed E-state index contributed by atoms with van der Waals surface area (Å²) in [5.74, 6) is 2.86. The summed E-state index contributed by atoms with van der Waals surface area (Å²) in [6.07, 6.45) is 7.50. The van der Waals surface area contributed by atoms with E-state index < -0.39 is 0 Å². The number of likely N-dealkylation sites (tertiary alicyclic amines) is 1. The Morgan fingerprint density at radius 1 is 0.805 bits per heavy atom. The van der Waals surface area contributed by atoms with E-state index in [4.69, 9.17) is 4.74 Å². The molecule has 216 valence electrons. The van der Waals surface area contributed by atoms with Crippen molar-refractivity contribution in [1.82, 2.24) is 15.1 Å². The van der Waals surface area contributed by atoms with Gasteiger partial charge in [-0.25, -0.2) is 0 Å². The van der Waals surface area contributed by atoms with Crippen molar-refractivity contribution in [3.63, 3.8) is 0 Å². The Kier molecular flexibility index (Phi) is 8.01. The van der Waals surface area contributed by atoms with Gasteiger partial charge in [0, 0.05) is 44.2 Å². The summed E-state index contributed by atoms with van der Waals surface area (Å²) >= 11 is 0. The van der Waals surface area contributed by atoms with Crippen molar-refractivity contribution < 1.29 is 9.84 Å². The van der Waals surface area contributed by atoms with E-state index >= 15 is 0 Å². The van der Waals surface area contributed by atoms with Crippen LogP contribution in [0.5, 0.6) is 11.5 Å². The zero-order valence-electron chi connectivity index (χ0n) is 24.3. The van der Waals surface area contributed by atoms with Crippen LogP contribution in [0.3, 0.4) is 0 Å². The van der Waals surface area contributed by atoms with Crippen LogP contribution in [-0.4, -0.2) is 72.9 Å². The van der Waals surface area contributed by atoms with Gasteiger partial charge in [-0.05, 0) is 110 Å². The highest BCUT2D eigenvalue weighted by molar-refractivity contribution is 5.48. The zero-order chi connectivity index (χ0) is 27.6. The predicted molar refractivity (Wildman–Crippen MR) is 165 cm³/mol. The lowest BCUT2D eigenvalue weighted by molar-refractivity contribution is 0.0913. The summed E-state index contributed by atoms with van der Waals surface area (Å²) < 4.78 is 6.24. The Balaban J connectivity index is 0.939. The average Bonchev–Trinajstić information content (AvgIpc) is 3.21. The van der Waals surface area contributed by atoms with E-state index in [1.54, 1.807) is 0 Å². The van der Waals surface area contributed by atoms with Gasteiger partial charge >= 0.3 is 0 Å². The number of nitrogens with one attached hydrogen (secondary N) is 1. The third kappa shape index (κ3) is 5.90. The number of piperidine rings is 1. The highest BCUT2D eigenvalue weighted by Gasteiger charge is 2.38. The van der Waals surface area contributed by atoms with Crippen LogP contribution in [0.25, 0.3) is 0 Å². The number of phenols is 1. The molecule has 0 aromatic heterocycles. The average molecular weight is 552 g/mol. The quantitative estimate of drug-likeness (QED) is 0.372. The van der Waals surface area contributed by atoms with E-state index in [0.717, 1.165) is 49.7 Å². The Morgan fingerprint density at radius 3 is 2.32 bits per heavy atom. The Morgan fingerprint density at radius 2 is 1.56 bits per heavy atom. The molecule has 3 heterocycles. The van der Waals surface area contributed by atoms with Gasteiger partial charge in [0.25, 0.3) is 0 Å². The molecule has 3 fully saturated rings. The fraction of sp³-hybridized carbons (Fsp3) is 0.500. The molecule has 4 atom stereocenters. The minimum atomic E-state index is 0.272. The van der Waals surface area contributed by atoms with Crippen molar-refractivity contribution in [1.29, 1.82) is 0 Å². The summed E-state index contributed by atoms with van der Waals surface area (Å²) in [4.78, 5) is 5.43. The molecule has 0 amide bonds.